The van der Waals surface area contributed by atoms with Gasteiger partial charge in [0.2, 0.25) is 0 Å². The van der Waals surface area contributed by atoms with Gasteiger partial charge >= 0.3 is 0 Å². The summed E-state index contributed by atoms with van der Waals surface area (Å²) in [7, 11) is 1.97. The first kappa shape index (κ1) is 15.9. The summed E-state index contributed by atoms with van der Waals surface area (Å²) in [4.78, 5) is 14.5. The van der Waals surface area contributed by atoms with Crippen LogP contribution in [-0.4, -0.2) is 24.4 Å². The lowest BCUT2D eigenvalue weighted by Gasteiger charge is -2.19. The summed E-state index contributed by atoms with van der Waals surface area (Å²) in [5, 5.41) is 0.525. The second-order valence-corrected chi connectivity index (χ2v) is 6.64. The molecule has 3 N–H and O–H groups in total. The minimum Gasteiger partial charge on any atom is -0.302 e. The first-order valence-electron chi connectivity index (χ1n) is 6.83. The number of amides is 1. The molecule has 0 fully saturated rings. The van der Waals surface area contributed by atoms with Crippen LogP contribution in [0.15, 0.2) is 18.2 Å². The Kier molecular flexibility index (Phi) is 4.92. The number of benzene rings is 1. The van der Waals surface area contributed by atoms with E-state index in [4.69, 9.17) is 5.84 Å². The molecule has 114 valence electrons. The highest BCUT2D eigenvalue weighted by Gasteiger charge is 2.21. The highest BCUT2D eigenvalue weighted by atomic mass is 32.1. The highest BCUT2D eigenvalue weighted by molar-refractivity contribution is 7.21. The number of nitrogens with zero attached hydrogens (tertiary/aromatic N) is 1. The normalized spacial score (nSPS) is 11.6. The van der Waals surface area contributed by atoms with E-state index in [1.54, 1.807) is 6.07 Å². The van der Waals surface area contributed by atoms with Crippen molar-refractivity contribution in [3.05, 3.63) is 34.5 Å². The van der Waals surface area contributed by atoms with Crippen LogP contribution in [0.1, 0.15) is 29.1 Å². The smallest absolute Gasteiger partial charge is 0.275 e. The van der Waals surface area contributed by atoms with E-state index in [0.717, 1.165) is 11.2 Å². The van der Waals surface area contributed by atoms with Crippen molar-refractivity contribution in [2.45, 2.75) is 20.4 Å². The van der Waals surface area contributed by atoms with Crippen molar-refractivity contribution >= 4 is 27.3 Å². The van der Waals surface area contributed by atoms with Gasteiger partial charge in [0.05, 0.1) is 4.88 Å². The maximum atomic E-state index is 14.2. The fraction of sp³-hybridized carbons (Fsp3) is 0.400. The molecule has 1 amide bonds. The first-order chi connectivity index (χ1) is 9.93. The summed E-state index contributed by atoms with van der Waals surface area (Å²) in [6.45, 7) is 5.63. The van der Waals surface area contributed by atoms with Crippen LogP contribution in [0, 0.1) is 11.7 Å². The van der Waals surface area contributed by atoms with Crippen LogP contribution in [0.3, 0.4) is 0 Å². The fourth-order valence-electron chi connectivity index (χ4n) is 2.52. The zero-order valence-corrected chi connectivity index (χ0v) is 13.3. The summed E-state index contributed by atoms with van der Waals surface area (Å²) in [5.74, 6) is 5.07. The van der Waals surface area contributed by atoms with Crippen molar-refractivity contribution in [1.29, 1.82) is 0 Å². The minimum atomic E-state index is -0.372. The Bertz CT molecular complexity index is 654. The molecule has 0 radical (unpaired) electrons. The van der Waals surface area contributed by atoms with Gasteiger partial charge in [-0.1, -0.05) is 19.9 Å². The summed E-state index contributed by atoms with van der Waals surface area (Å²) in [6, 6.07) is 4.90. The van der Waals surface area contributed by atoms with Crippen molar-refractivity contribution in [2.24, 2.45) is 11.8 Å². The van der Waals surface area contributed by atoms with E-state index in [-0.39, 0.29) is 11.7 Å². The van der Waals surface area contributed by atoms with Crippen molar-refractivity contribution in [1.82, 2.24) is 10.3 Å². The van der Waals surface area contributed by atoms with Crippen LogP contribution in [0.2, 0.25) is 0 Å². The molecular weight excluding hydrogens is 289 g/mol. The number of rotatable bonds is 5. The number of hydrazine groups is 1. The molecule has 0 unspecified atom stereocenters. The van der Waals surface area contributed by atoms with Crippen molar-refractivity contribution in [3.8, 4) is 0 Å². The molecule has 0 saturated heterocycles. The Hall–Kier alpha value is -1.50. The van der Waals surface area contributed by atoms with E-state index < -0.39 is 0 Å². The maximum absolute atomic E-state index is 14.2. The maximum Gasteiger partial charge on any atom is 0.275 e. The fourth-order valence-corrected chi connectivity index (χ4v) is 3.66. The number of fused-ring (bicyclic) bond motifs is 1. The standard InChI is InChI=1S/C15H20FN3OS/c1-9(2)7-19(3)8-10-13-11(16)5-4-6-12(13)21-14(10)15(20)18-17/h4-6,9H,7-8,17H2,1-3H3,(H,18,20). The van der Waals surface area contributed by atoms with E-state index in [1.165, 1.54) is 17.4 Å². The molecule has 0 saturated carbocycles. The third kappa shape index (κ3) is 3.40. The number of hydrogen-bond donors (Lipinski definition) is 2. The molecule has 4 nitrogen and oxygen atoms in total. The Morgan fingerprint density at radius 1 is 1.48 bits per heavy atom. The molecule has 0 aliphatic rings. The predicted octanol–water partition coefficient (Wildman–Crippen LogP) is 2.73. The number of carbonyl (C=O) groups is 1. The van der Waals surface area contributed by atoms with Crippen molar-refractivity contribution in [3.63, 3.8) is 0 Å². The molecule has 2 aromatic rings. The Balaban J connectivity index is 2.49. The average molecular weight is 309 g/mol. The third-order valence-corrected chi connectivity index (χ3v) is 4.40. The largest absolute Gasteiger partial charge is 0.302 e. The monoisotopic (exact) mass is 309 g/mol. The summed E-state index contributed by atoms with van der Waals surface area (Å²) in [5.41, 5.74) is 2.85. The number of nitrogens with two attached hydrogens (primary N) is 1. The van der Waals surface area contributed by atoms with Gasteiger partial charge < -0.3 is 4.90 Å². The molecule has 1 heterocycles. The zero-order valence-electron chi connectivity index (χ0n) is 12.4. The van der Waals surface area contributed by atoms with Gasteiger partial charge in [0, 0.05) is 28.7 Å². The van der Waals surface area contributed by atoms with Gasteiger partial charge in [0.1, 0.15) is 5.82 Å². The van der Waals surface area contributed by atoms with Crippen LogP contribution < -0.4 is 11.3 Å². The van der Waals surface area contributed by atoms with E-state index in [0.29, 0.717) is 28.3 Å². The molecule has 0 aliphatic carbocycles. The van der Waals surface area contributed by atoms with E-state index in [1.807, 2.05) is 13.1 Å². The number of nitrogens with one attached hydrogen (secondary N) is 1. The second kappa shape index (κ2) is 6.51. The lowest BCUT2D eigenvalue weighted by atomic mass is 10.1. The van der Waals surface area contributed by atoms with Crippen LogP contribution in [0.4, 0.5) is 4.39 Å². The summed E-state index contributed by atoms with van der Waals surface area (Å²) in [6.07, 6.45) is 0. The summed E-state index contributed by atoms with van der Waals surface area (Å²) >= 11 is 1.27. The number of carbonyl (C=O) groups excluding carboxylic acids is 1. The van der Waals surface area contributed by atoms with Crippen molar-refractivity contribution < 1.29 is 9.18 Å². The first-order valence-corrected chi connectivity index (χ1v) is 7.65. The molecule has 0 spiro atoms. The van der Waals surface area contributed by atoms with Gasteiger partial charge in [-0.2, -0.15) is 0 Å². The zero-order chi connectivity index (χ0) is 15.6. The van der Waals surface area contributed by atoms with E-state index >= 15 is 0 Å². The average Bonchev–Trinajstić information content (AvgIpc) is 2.77. The molecule has 2 rings (SSSR count). The molecule has 0 aliphatic heterocycles. The van der Waals surface area contributed by atoms with Gasteiger partial charge in [-0.25, -0.2) is 10.2 Å². The highest BCUT2D eigenvalue weighted by Crippen LogP contribution is 2.34. The Labute approximate surface area is 127 Å². The topological polar surface area (TPSA) is 58.4 Å². The lowest BCUT2D eigenvalue weighted by molar-refractivity contribution is 0.0956. The molecule has 1 aromatic heterocycles. The number of thiophene rings is 1. The molecule has 21 heavy (non-hydrogen) atoms. The Morgan fingerprint density at radius 3 is 2.81 bits per heavy atom. The SMILES string of the molecule is CC(C)CN(C)Cc1c(C(=O)NN)sc2cccc(F)c12. The number of hydrogen-bond acceptors (Lipinski definition) is 4. The van der Waals surface area contributed by atoms with Crippen LogP contribution in [0.25, 0.3) is 10.1 Å². The quantitative estimate of drug-likeness (QED) is 0.507. The van der Waals surface area contributed by atoms with E-state index in [2.05, 4.69) is 24.2 Å². The van der Waals surface area contributed by atoms with Gasteiger partial charge in [0.15, 0.2) is 0 Å². The third-order valence-electron chi connectivity index (χ3n) is 3.21. The van der Waals surface area contributed by atoms with Crippen LogP contribution in [0.5, 0.6) is 0 Å². The minimum absolute atomic E-state index is 0.298. The predicted molar refractivity (Wildman–Crippen MR) is 84.6 cm³/mol. The second-order valence-electron chi connectivity index (χ2n) is 5.59. The summed E-state index contributed by atoms with van der Waals surface area (Å²) < 4.78 is 14.9. The molecular formula is C15H20FN3OS. The Morgan fingerprint density at radius 2 is 2.19 bits per heavy atom. The van der Waals surface area contributed by atoms with Crippen LogP contribution >= 0.6 is 11.3 Å². The van der Waals surface area contributed by atoms with Crippen LogP contribution in [-0.2, 0) is 6.54 Å². The van der Waals surface area contributed by atoms with Gasteiger partial charge in [-0.05, 0) is 25.1 Å². The molecule has 6 heteroatoms. The number of halogens is 1. The van der Waals surface area contributed by atoms with Gasteiger partial charge in [0.25, 0.3) is 5.91 Å². The lowest BCUT2D eigenvalue weighted by Crippen LogP contribution is -2.31. The number of nitrogen functional groups attached to an aromatic ring is 1. The molecule has 1 aromatic carbocycles. The van der Waals surface area contributed by atoms with Gasteiger partial charge in [-0.15, -0.1) is 11.3 Å². The van der Waals surface area contributed by atoms with Gasteiger partial charge in [-0.3, -0.25) is 10.2 Å². The van der Waals surface area contributed by atoms with E-state index in [9.17, 15) is 9.18 Å². The molecule has 0 atom stereocenters. The van der Waals surface area contributed by atoms with Crippen molar-refractivity contribution in [2.75, 3.05) is 13.6 Å². The molecule has 0 bridgehead atoms.